The molecule has 3 aliphatic rings. The second kappa shape index (κ2) is 4.24. The molecule has 0 spiro atoms. The van der Waals surface area contributed by atoms with Gasteiger partial charge in [0.15, 0.2) is 0 Å². The molecule has 1 aromatic rings. The molecule has 1 saturated heterocycles. The zero-order valence-electron chi connectivity index (χ0n) is 12.6. The molecule has 3 atom stereocenters. The number of piperidine rings is 1. The van der Waals surface area contributed by atoms with Gasteiger partial charge in [-0.15, -0.1) is 0 Å². The summed E-state index contributed by atoms with van der Waals surface area (Å²) in [5, 5.41) is 9.85. The van der Waals surface area contributed by atoms with Crippen LogP contribution in [-0.4, -0.2) is 29.1 Å². The van der Waals surface area contributed by atoms with Crippen LogP contribution in [-0.2, 0) is 11.8 Å². The number of nitrogens with zero attached hydrogens (tertiary/aromatic N) is 1. The van der Waals surface area contributed by atoms with E-state index in [9.17, 15) is 5.11 Å². The molecule has 2 nitrogen and oxygen atoms in total. The van der Waals surface area contributed by atoms with Gasteiger partial charge in [-0.05, 0) is 72.7 Å². The lowest BCUT2D eigenvalue weighted by Gasteiger charge is -2.54. The molecule has 0 aromatic heterocycles. The predicted octanol–water partition coefficient (Wildman–Crippen LogP) is 3.33. The zero-order chi connectivity index (χ0) is 13.9. The van der Waals surface area contributed by atoms with E-state index in [0.717, 1.165) is 5.92 Å². The van der Waals surface area contributed by atoms with Crippen molar-refractivity contribution in [3.05, 3.63) is 29.3 Å². The minimum atomic E-state index is 0.247. The van der Waals surface area contributed by atoms with Crippen molar-refractivity contribution in [2.45, 2.75) is 51.0 Å². The van der Waals surface area contributed by atoms with E-state index in [1.165, 1.54) is 49.9 Å². The molecule has 2 fully saturated rings. The number of likely N-dealkylation sites (tertiary alicyclic amines) is 1. The maximum absolute atomic E-state index is 9.85. The summed E-state index contributed by atoms with van der Waals surface area (Å²) in [5.74, 6) is 2.09. The van der Waals surface area contributed by atoms with Gasteiger partial charge < -0.3 is 5.11 Å². The van der Waals surface area contributed by atoms with Crippen LogP contribution in [0.15, 0.2) is 18.2 Å². The molecule has 4 rings (SSSR count). The van der Waals surface area contributed by atoms with Crippen molar-refractivity contribution < 1.29 is 5.11 Å². The summed E-state index contributed by atoms with van der Waals surface area (Å²) in [6.07, 6.45) is 5.28. The average molecular weight is 271 g/mol. The van der Waals surface area contributed by atoms with Crippen LogP contribution in [0, 0.1) is 11.8 Å². The molecule has 1 saturated carbocycles. The second-order valence-electron chi connectivity index (χ2n) is 7.51. The standard InChI is InChI=1S/C18H25NO/c1-12-17-9-14-5-6-15(20)10-16(14)18(12,2)7-8-19(17)11-13-3-4-13/h5-6,10,12-13,17,20H,3-4,7-9,11H2,1-2H3/t12-,17-,18+/m1/s1. The predicted molar refractivity (Wildman–Crippen MR) is 81.0 cm³/mol. The van der Waals surface area contributed by atoms with Crippen molar-refractivity contribution in [3.63, 3.8) is 0 Å². The quantitative estimate of drug-likeness (QED) is 0.892. The summed E-state index contributed by atoms with van der Waals surface area (Å²) in [4.78, 5) is 2.76. The largest absolute Gasteiger partial charge is 0.508 e. The van der Waals surface area contributed by atoms with E-state index < -0.39 is 0 Å². The summed E-state index contributed by atoms with van der Waals surface area (Å²) in [6, 6.07) is 6.74. The number of aromatic hydroxyl groups is 1. The number of hydrogen-bond donors (Lipinski definition) is 1. The lowest BCUT2D eigenvalue weighted by molar-refractivity contribution is 0.0283. The molecule has 0 unspecified atom stereocenters. The Hall–Kier alpha value is -1.02. The third-order valence-corrected chi connectivity index (χ3v) is 6.30. The first-order valence-electron chi connectivity index (χ1n) is 8.14. The van der Waals surface area contributed by atoms with Gasteiger partial charge in [0.05, 0.1) is 0 Å². The van der Waals surface area contributed by atoms with Crippen LogP contribution in [0.4, 0.5) is 0 Å². The Balaban J connectivity index is 1.71. The van der Waals surface area contributed by atoms with E-state index in [2.05, 4.69) is 24.8 Å². The molecule has 2 aliphatic carbocycles. The van der Waals surface area contributed by atoms with Gasteiger partial charge in [0.1, 0.15) is 5.75 Å². The fourth-order valence-electron chi connectivity index (χ4n) is 4.55. The van der Waals surface area contributed by atoms with Crippen LogP contribution < -0.4 is 0 Å². The van der Waals surface area contributed by atoms with Crippen LogP contribution in [0.3, 0.4) is 0 Å². The maximum atomic E-state index is 9.85. The topological polar surface area (TPSA) is 23.5 Å². The Labute approximate surface area is 121 Å². The Bertz CT molecular complexity index is 536. The van der Waals surface area contributed by atoms with Crippen molar-refractivity contribution in [1.82, 2.24) is 4.90 Å². The maximum Gasteiger partial charge on any atom is 0.115 e. The monoisotopic (exact) mass is 271 g/mol. The van der Waals surface area contributed by atoms with E-state index in [1.54, 1.807) is 0 Å². The van der Waals surface area contributed by atoms with Gasteiger partial charge in [-0.2, -0.15) is 0 Å². The lowest BCUT2D eigenvalue weighted by Crippen LogP contribution is -2.58. The van der Waals surface area contributed by atoms with Crippen molar-refractivity contribution in [3.8, 4) is 5.75 Å². The Morgan fingerprint density at radius 2 is 2.15 bits per heavy atom. The second-order valence-corrected chi connectivity index (χ2v) is 7.51. The third kappa shape index (κ3) is 1.81. The summed E-state index contributed by atoms with van der Waals surface area (Å²) in [6.45, 7) is 7.39. The number of fused-ring (bicyclic) bond motifs is 4. The van der Waals surface area contributed by atoms with Crippen LogP contribution >= 0.6 is 0 Å². The normalized spacial score (nSPS) is 36.7. The molecule has 0 amide bonds. The Kier molecular flexibility index (Phi) is 2.69. The highest BCUT2D eigenvalue weighted by molar-refractivity contribution is 5.44. The number of phenols is 1. The first-order chi connectivity index (χ1) is 9.58. The molecular formula is C18H25NO. The molecule has 1 aliphatic heterocycles. The highest BCUT2D eigenvalue weighted by atomic mass is 16.3. The SMILES string of the molecule is C[C@@H]1[C@H]2Cc3ccc(O)cc3[C@@]1(C)CCN2CC1CC1. The molecule has 2 bridgehead atoms. The van der Waals surface area contributed by atoms with Crippen molar-refractivity contribution in [2.75, 3.05) is 13.1 Å². The smallest absolute Gasteiger partial charge is 0.115 e. The van der Waals surface area contributed by atoms with Gasteiger partial charge in [-0.25, -0.2) is 0 Å². The molecule has 108 valence electrons. The highest BCUT2D eigenvalue weighted by Gasteiger charge is 2.48. The van der Waals surface area contributed by atoms with Crippen LogP contribution in [0.5, 0.6) is 5.75 Å². The summed E-state index contributed by atoms with van der Waals surface area (Å²) in [7, 11) is 0. The van der Waals surface area contributed by atoms with Gasteiger partial charge >= 0.3 is 0 Å². The van der Waals surface area contributed by atoms with Gasteiger partial charge in [0.2, 0.25) is 0 Å². The van der Waals surface area contributed by atoms with Crippen LogP contribution in [0.2, 0.25) is 0 Å². The van der Waals surface area contributed by atoms with Gasteiger partial charge in [0.25, 0.3) is 0 Å². The molecular weight excluding hydrogens is 246 g/mol. The van der Waals surface area contributed by atoms with Crippen molar-refractivity contribution in [2.24, 2.45) is 11.8 Å². The number of benzene rings is 1. The minimum Gasteiger partial charge on any atom is -0.508 e. The zero-order valence-corrected chi connectivity index (χ0v) is 12.6. The average Bonchev–Trinajstić information content (AvgIpc) is 3.22. The lowest BCUT2D eigenvalue weighted by atomic mass is 9.59. The summed E-state index contributed by atoms with van der Waals surface area (Å²) in [5.41, 5.74) is 3.12. The first kappa shape index (κ1) is 12.7. The molecule has 0 radical (unpaired) electrons. The fourth-order valence-corrected chi connectivity index (χ4v) is 4.55. The molecule has 1 N–H and O–H groups in total. The molecule has 1 heterocycles. The van der Waals surface area contributed by atoms with Gasteiger partial charge in [-0.1, -0.05) is 19.9 Å². The van der Waals surface area contributed by atoms with Gasteiger partial charge in [-0.3, -0.25) is 4.90 Å². The summed E-state index contributed by atoms with van der Waals surface area (Å²) >= 11 is 0. The highest BCUT2D eigenvalue weighted by Crippen LogP contribution is 2.49. The minimum absolute atomic E-state index is 0.247. The van der Waals surface area contributed by atoms with E-state index in [0.29, 0.717) is 17.7 Å². The Morgan fingerprint density at radius 1 is 1.35 bits per heavy atom. The first-order valence-corrected chi connectivity index (χ1v) is 8.14. The van der Waals surface area contributed by atoms with Crippen molar-refractivity contribution in [1.29, 1.82) is 0 Å². The molecule has 2 heteroatoms. The van der Waals surface area contributed by atoms with Gasteiger partial charge in [0, 0.05) is 12.6 Å². The number of rotatable bonds is 2. The number of hydrogen-bond acceptors (Lipinski definition) is 2. The number of phenolic OH excluding ortho intramolecular Hbond substituents is 1. The molecule has 20 heavy (non-hydrogen) atoms. The van der Waals surface area contributed by atoms with E-state index >= 15 is 0 Å². The molecule has 1 aromatic carbocycles. The summed E-state index contributed by atoms with van der Waals surface area (Å²) < 4.78 is 0. The van der Waals surface area contributed by atoms with Crippen LogP contribution in [0.1, 0.15) is 44.2 Å². The van der Waals surface area contributed by atoms with E-state index in [-0.39, 0.29) is 5.41 Å². The van der Waals surface area contributed by atoms with Crippen molar-refractivity contribution >= 4 is 0 Å². The fraction of sp³-hybridized carbons (Fsp3) is 0.667. The Morgan fingerprint density at radius 3 is 2.90 bits per heavy atom. The third-order valence-electron chi connectivity index (χ3n) is 6.30. The van der Waals surface area contributed by atoms with Crippen LogP contribution in [0.25, 0.3) is 0 Å². The van der Waals surface area contributed by atoms with E-state index in [1.807, 2.05) is 12.1 Å². The van der Waals surface area contributed by atoms with E-state index in [4.69, 9.17) is 0 Å².